The van der Waals surface area contributed by atoms with Gasteiger partial charge in [-0.1, -0.05) is 322 Å². The van der Waals surface area contributed by atoms with E-state index >= 15 is 0 Å². The van der Waals surface area contributed by atoms with Gasteiger partial charge in [-0.3, -0.25) is 0 Å². The van der Waals surface area contributed by atoms with Gasteiger partial charge in [0.05, 0.1) is 16.7 Å². The third kappa shape index (κ3) is 7.95. The molecule has 3 heteroatoms. The molecule has 16 rings (SSSR count). The predicted molar refractivity (Wildman–Crippen MR) is 360 cm³/mol. The van der Waals surface area contributed by atoms with Crippen LogP contribution in [0.3, 0.4) is 0 Å². The van der Waals surface area contributed by atoms with Crippen molar-refractivity contribution < 1.29 is 0 Å². The van der Waals surface area contributed by atoms with E-state index in [4.69, 9.17) is 0 Å². The average molecular weight is 1100 g/mol. The first kappa shape index (κ1) is 51.0. The molecule has 0 amide bonds. The molecule has 0 spiro atoms. The van der Waals surface area contributed by atoms with Gasteiger partial charge in [0.15, 0.2) is 16.1 Å². The van der Waals surface area contributed by atoms with Crippen LogP contribution in [-0.2, 0) is 0 Å². The van der Waals surface area contributed by atoms with Gasteiger partial charge in [-0.25, -0.2) is 0 Å². The van der Waals surface area contributed by atoms with Gasteiger partial charge >= 0.3 is 0 Å². The van der Waals surface area contributed by atoms with Crippen LogP contribution in [0.2, 0.25) is 0 Å². The van der Waals surface area contributed by atoms with Crippen molar-refractivity contribution in [1.29, 1.82) is 0 Å². The van der Waals surface area contributed by atoms with E-state index in [1.165, 1.54) is 125 Å². The molecule has 0 aliphatic heterocycles. The third-order valence-corrected chi connectivity index (χ3v) is 28.0. The van der Waals surface area contributed by atoms with Crippen molar-refractivity contribution in [1.82, 2.24) is 4.57 Å². The maximum Gasteiger partial charge on any atom is 0.179 e. The lowest BCUT2D eigenvalue weighted by atomic mass is 9.60. The van der Waals surface area contributed by atoms with Crippen LogP contribution in [0.5, 0.6) is 0 Å². The Morgan fingerprint density at radius 1 is 0.357 bits per heavy atom. The SMILES string of the molecule is C=C/C=C(\C1=C(C)C2c3ccccc3C1c1c2cccc1-n1c2ccccc2c2cc([Si](c3ccccc3)(c3ccccc3)c3ccccc3)ccc21)[Si](c1ccccc1)(c1cccc(-c2ccccc2)c1)c1cccc(-c2ccccc2)c1. The number of rotatable bonds is 13. The summed E-state index contributed by atoms with van der Waals surface area (Å²) >= 11 is 0. The summed E-state index contributed by atoms with van der Waals surface area (Å²) in [6.07, 6.45) is 4.51. The van der Waals surface area contributed by atoms with E-state index in [9.17, 15) is 0 Å². The minimum Gasteiger partial charge on any atom is -0.309 e. The molecule has 12 aromatic carbocycles. The van der Waals surface area contributed by atoms with E-state index in [1.807, 2.05) is 0 Å². The molecular formula is C81H61NSi2. The highest BCUT2D eigenvalue weighted by molar-refractivity contribution is 7.20. The van der Waals surface area contributed by atoms with Gasteiger partial charge in [0.2, 0.25) is 0 Å². The lowest BCUT2D eigenvalue weighted by Crippen LogP contribution is -2.74. The summed E-state index contributed by atoms with van der Waals surface area (Å²) in [6.45, 7) is 7.08. The largest absolute Gasteiger partial charge is 0.309 e. The molecule has 0 saturated carbocycles. The first-order valence-electron chi connectivity index (χ1n) is 29.4. The van der Waals surface area contributed by atoms with Crippen LogP contribution < -0.4 is 36.3 Å². The topological polar surface area (TPSA) is 4.93 Å². The molecule has 13 aromatic rings. The molecule has 0 fully saturated rings. The fourth-order valence-electron chi connectivity index (χ4n) is 15.1. The summed E-state index contributed by atoms with van der Waals surface area (Å²) in [5.74, 6) is -0.0920. The van der Waals surface area contributed by atoms with Gasteiger partial charge in [0.1, 0.15) is 0 Å². The van der Waals surface area contributed by atoms with Gasteiger partial charge in [0, 0.05) is 22.6 Å². The van der Waals surface area contributed by atoms with Crippen LogP contribution in [0, 0.1) is 0 Å². The summed E-state index contributed by atoms with van der Waals surface area (Å²) in [4.78, 5) is 0. The van der Waals surface area contributed by atoms with Crippen molar-refractivity contribution in [3.05, 3.63) is 373 Å². The summed E-state index contributed by atoms with van der Waals surface area (Å²) < 4.78 is 2.62. The Balaban J connectivity index is 1.01. The highest BCUT2D eigenvalue weighted by Gasteiger charge is 2.51. The standard InChI is InChI=1S/C81H61NSi2/c1-3-29-77(84(65-42-20-9-21-43-65,66-44-26-34-60(54-66)58-30-10-4-11-31-58)67-45-27-35-61(55-67)59-32-12-5-13-33-59)79-57(2)78-70-47-22-23-48-71(70)81(79)80-72(78)49-28-51-76(80)82-74-50-25-24-46-69(74)73-56-68(52-53-75(73)82)83(62-36-14-6-15-37-62,63-38-16-7-17-39-63)64-40-18-8-19-41-64/h3-56,78,81H,1H2,2H3/b77-29+. The Labute approximate surface area is 495 Å². The Kier molecular flexibility index (Phi) is 12.8. The highest BCUT2D eigenvalue weighted by atomic mass is 28.3. The molecule has 3 aliphatic carbocycles. The fraction of sp³-hybridized carbons (Fsp3) is 0.0370. The third-order valence-electron chi connectivity index (χ3n) is 18.4. The molecule has 0 N–H and O–H groups in total. The maximum atomic E-state index is 4.63. The van der Waals surface area contributed by atoms with Crippen molar-refractivity contribution in [3.8, 4) is 27.9 Å². The second-order valence-corrected chi connectivity index (χ2v) is 30.2. The van der Waals surface area contributed by atoms with Crippen LogP contribution in [0.1, 0.15) is 41.0 Å². The normalized spacial score (nSPS) is 14.8. The zero-order valence-corrected chi connectivity index (χ0v) is 49.0. The number of para-hydroxylation sites is 1. The number of aromatic nitrogens is 1. The lowest BCUT2D eigenvalue weighted by molar-refractivity contribution is 0.734. The Morgan fingerprint density at radius 2 is 0.786 bits per heavy atom. The van der Waals surface area contributed by atoms with Crippen molar-refractivity contribution in [2.24, 2.45) is 0 Å². The van der Waals surface area contributed by atoms with Gasteiger partial charge in [-0.15, -0.1) is 0 Å². The Morgan fingerprint density at radius 3 is 1.33 bits per heavy atom. The molecule has 1 aromatic heterocycles. The monoisotopic (exact) mass is 1100 g/mol. The molecule has 84 heavy (non-hydrogen) atoms. The van der Waals surface area contributed by atoms with Crippen molar-refractivity contribution in [2.75, 3.05) is 0 Å². The fourth-order valence-corrected chi connectivity index (χ4v) is 25.0. The molecule has 1 heterocycles. The molecule has 3 aliphatic rings. The number of nitrogens with zero attached hydrogens (tertiary/aromatic N) is 1. The van der Waals surface area contributed by atoms with E-state index in [-0.39, 0.29) is 11.8 Å². The van der Waals surface area contributed by atoms with Crippen LogP contribution in [0.15, 0.2) is 351 Å². The highest BCUT2D eigenvalue weighted by Crippen LogP contribution is 2.59. The summed E-state index contributed by atoms with van der Waals surface area (Å²) in [7, 11) is -6.22. The van der Waals surface area contributed by atoms with Crippen molar-refractivity contribution in [2.45, 2.75) is 18.8 Å². The average Bonchev–Trinajstić information content (AvgIpc) is 1.07. The zero-order valence-electron chi connectivity index (χ0n) is 47.0. The van der Waals surface area contributed by atoms with Gasteiger partial charge in [-0.05, 0) is 117 Å². The smallest absolute Gasteiger partial charge is 0.179 e. The molecule has 2 bridgehead atoms. The van der Waals surface area contributed by atoms with E-state index in [2.05, 4.69) is 346 Å². The molecule has 0 radical (unpaired) electrons. The Bertz CT molecular complexity index is 4500. The molecule has 2 unspecified atom stereocenters. The van der Waals surface area contributed by atoms with E-state index < -0.39 is 16.1 Å². The number of hydrogen-bond donors (Lipinski definition) is 0. The molecule has 0 saturated heterocycles. The van der Waals surface area contributed by atoms with E-state index in [0.29, 0.717) is 0 Å². The van der Waals surface area contributed by atoms with Crippen LogP contribution >= 0.6 is 0 Å². The number of hydrogen-bond acceptors (Lipinski definition) is 0. The van der Waals surface area contributed by atoms with Crippen LogP contribution in [-0.4, -0.2) is 20.7 Å². The first-order chi connectivity index (χ1) is 41.6. The van der Waals surface area contributed by atoms with E-state index in [1.54, 1.807) is 0 Å². The first-order valence-corrected chi connectivity index (χ1v) is 33.4. The molecule has 1 nitrogen and oxygen atoms in total. The van der Waals surface area contributed by atoms with Crippen molar-refractivity contribution >= 4 is 74.3 Å². The Hall–Kier alpha value is -9.91. The predicted octanol–water partition coefficient (Wildman–Crippen LogP) is 15.2. The number of benzene rings is 12. The van der Waals surface area contributed by atoms with Gasteiger partial charge in [-0.2, -0.15) is 0 Å². The zero-order chi connectivity index (χ0) is 56.2. The second-order valence-electron chi connectivity index (χ2n) is 22.6. The molecule has 398 valence electrons. The van der Waals surface area contributed by atoms with Crippen LogP contribution in [0.25, 0.3) is 49.7 Å². The molecule has 2 atom stereocenters. The molecular weight excluding hydrogens is 1040 g/mol. The van der Waals surface area contributed by atoms with Gasteiger partial charge < -0.3 is 4.57 Å². The lowest BCUT2D eigenvalue weighted by Gasteiger charge is -2.48. The summed E-state index contributed by atoms with van der Waals surface area (Å²) in [5, 5.41) is 13.3. The summed E-state index contributed by atoms with van der Waals surface area (Å²) in [5.41, 5.74) is 16.8. The minimum atomic E-state index is -3.36. The number of allylic oxidation sites excluding steroid dienone is 5. The van der Waals surface area contributed by atoms with Gasteiger partial charge in [0.25, 0.3) is 0 Å². The minimum absolute atomic E-state index is 0.0204. The van der Waals surface area contributed by atoms with E-state index in [0.717, 1.165) is 0 Å². The second kappa shape index (κ2) is 21.1. The van der Waals surface area contributed by atoms with Crippen molar-refractivity contribution in [3.63, 3.8) is 0 Å². The summed E-state index contributed by atoms with van der Waals surface area (Å²) in [6, 6.07) is 119. The number of fused-ring (bicyclic) bond motifs is 3. The maximum absolute atomic E-state index is 4.63. The van der Waals surface area contributed by atoms with Crippen LogP contribution in [0.4, 0.5) is 0 Å². The quantitative estimate of drug-likeness (QED) is 0.0616.